The summed E-state index contributed by atoms with van der Waals surface area (Å²) in [4.78, 5) is 2.13. The number of halogens is 2. The monoisotopic (exact) mass is 337 g/mol. The predicted octanol–water partition coefficient (Wildman–Crippen LogP) is 3.73. The fraction of sp³-hybridized carbons (Fsp3) is 0.500. The van der Waals surface area contributed by atoms with Crippen LogP contribution in [0.3, 0.4) is 0 Å². The molecule has 2 rings (SSSR count). The van der Waals surface area contributed by atoms with Crippen LogP contribution in [0.1, 0.15) is 36.4 Å². The molecule has 0 unspecified atom stereocenters. The number of hydrogen-bond acceptors (Lipinski definition) is 3. The fourth-order valence-electron chi connectivity index (χ4n) is 2.77. The van der Waals surface area contributed by atoms with Gasteiger partial charge in [0.2, 0.25) is 0 Å². The Labute approximate surface area is 142 Å². The van der Waals surface area contributed by atoms with Gasteiger partial charge in [0.15, 0.2) is 17.4 Å². The Balaban J connectivity index is 2.30. The van der Waals surface area contributed by atoms with Crippen LogP contribution in [-0.4, -0.2) is 27.8 Å². The molecule has 0 N–H and O–H groups in total. The van der Waals surface area contributed by atoms with Crippen molar-refractivity contribution in [2.75, 3.05) is 7.11 Å². The Bertz CT molecular complexity index is 726. The van der Waals surface area contributed by atoms with Gasteiger partial charge in [-0.1, -0.05) is 6.07 Å². The van der Waals surface area contributed by atoms with Crippen molar-refractivity contribution < 1.29 is 13.5 Å². The predicted molar refractivity (Wildman–Crippen MR) is 90.0 cm³/mol. The number of aromatic nitrogens is 2. The van der Waals surface area contributed by atoms with E-state index in [1.165, 1.54) is 19.2 Å². The molecular formula is C18H25F2N3O. The van der Waals surface area contributed by atoms with E-state index in [9.17, 15) is 8.78 Å². The van der Waals surface area contributed by atoms with Crippen LogP contribution in [0.15, 0.2) is 12.1 Å². The molecule has 0 aliphatic carbocycles. The summed E-state index contributed by atoms with van der Waals surface area (Å²) < 4.78 is 34.7. The molecule has 2 aromatic rings. The molecule has 0 fully saturated rings. The minimum Gasteiger partial charge on any atom is -0.491 e. The van der Waals surface area contributed by atoms with Gasteiger partial charge in [0, 0.05) is 43.0 Å². The lowest BCUT2D eigenvalue weighted by Gasteiger charge is -2.27. The first-order valence-corrected chi connectivity index (χ1v) is 8.00. The van der Waals surface area contributed by atoms with Crippen LogP contribution in [0.4, 0.5) is 8.78 Å². The van der Waals surface area contributed by atoms with Crippen LogP contribution in [0.5, 0.6) is 5.75 Å². The zero-order chi connectivity index (χ0) is 18.0. The van der Waals surface area contributed by atoms with Crippen LogP contribution in [0, 0.1) is 25.5 Å². The van der Waals surface area contributed by atoms with Gasteiger partial charge in [-0.25, -0.2) is 8.78 Å². The number of rotatable bonds is 6. The molecule has 1 heterocycles. The highest BCUT2D eigenvalue weighted by molar-refractivity contribution is 5.33. The lowest BCUT2D eigenvalue weighted by molar-refractivity contribution is 0.199. The van der Waals surface area contributed by atoms with E-state index in [4.69, 9.17) is 4.74 Å². The van der Waals surface area contributed by atoms with Crippen LogP contribution in [-0.2, 0) is 20.1 Å². The summed E-state index contributed by atoms with van der Waals surface area (Å²) in [6, 6.07) is 2.92. The van der Waals surface area contributed by atoms with Crippen molar-refractivity contribution in [3.05, 3.63) is 46.3 Å². The van der Waals surface area contributed by atoms with E-state index in [1.54, 1.807) is 0 Å². The van der Waals surface area contributed by atoms with Crippen molar-refractivity contribution in [3.63, 3.8) is 0 Å². The maximum Gasteiger partial charge on any atom is 0.190 e. The summed E-state index contributed by atoms with van der Waals surface area (Å²) >= 11 is 0. The summed E-state index contributed by atoms with van der Waals surface area (Å²) in [6.07, 6.45) is 0. The van der Waals surface area contributed by atoms with Crippen molar-refractivity contribution in [2.24, 2.45) is 7.05 Å². The maximum atomic E-state index is 14.5. The summed E-state index contributed by atoms with van der Waals surface area (Å²) in [7, 11) is 3.18. The van der Waals surface area contributed by atoms with E-state index < -0.39 is 11.6 Å². The first-order chi connectivity index (χ1) is 11.3. The topological polar surface area (TPSA) is 30.3 Å². The zero-order valence-corrected chi connectivity index (χ0v) is 15.2. The molecule has 0 saturated heterocycles. The van der Waals surface area contributed by atoms with Crippen molar-refractivity contribution in [3.8, 4) is 5.75 Å². The molecule has 0 aliphatic rings. The molecule has 1 aromatic carbocycles. The highest BCUT2D eigenvalue weighted by Crippen LogP contribution is 2.26. The van der Waals surface area contributed by atoms with Crippen LogP contribution in [0.25, 0.3) is 0 Å². The molecular weight excluding hydrogens is 312 g/mol. The number of hydrogen-bond donors (Lipinski definition) is 0. The molecule has 24 heavy (non-hydrogen) atoms. The molecule has 0 radical (unpaired) electrons. The Hall–Kier alpha value is -1.95. The molecule has 4 nitrogen and oxygen atoms in total. The van der Waals surface area contributed by atoms with Crippen molar-refractivity contribution >= 4 is 0 Å². The van der Waals surface area contributed by atoms with Gasteiger partial charge in [-0.05, 0) is 33.8 Å². The van der Waals surface area contributed by atoms with Crippen molar-refractivity contribution in [2.45, 2.75) is 46.8 Å². The first kappa shape index (κ1) is 18.4. The lowest BCUT2D eigenvalue weighted by Crippen LogP contribution is -2.30. The smallest absolute Gasteiger partial charge is 0.190 e. The zero-order valence-electron chi connectivity index (χ0n) is 15.2. The van der Waals surface area contributed by atoms with E-state index >= 15 is 0 Å². The Morgan fingerprint density at radius 1 is 1.21 bits per heavy atom. The van der Waals surface area contributed by atoms with Gasteiger partial charge >= 0.3 is 0 Å². The van der Waals surface area contributed by atoms with Crippen molar-refractivity contribution in [1.29, 1.82) is 0 Å². The third kappa shape index (κ3) is 3.59. The number of benzene rings is 1. The van der Waals surface area contributed by atoms with E-state index in [2.05, 4.69) is 23.8 Å². The summed E-state index contributed by atoms with van der Waals surface area (Å²) in [5.41, 5.74) is 3.62. The number of ether oxygens (including phenoxy) is 1. The van der Waals surface area contributed by atoms with Gasteiger partial charge in [0.1, 0.15) is 0 Å². The molecule has 0 saturated carbocycles. The minimum atomic E-state index is -0.686. The van der Waals surface area contributed by atoms with E-state index in [0.29, 0.717) is 18.7 Å². The molecule has 1 aromatic heterocycles. The van der Waals surface area contributed by atoms with Crippen LogP contribution < -0.4 is 4.74 Å². The summed E-state index contributed by atoms with van der Waals surface area (Å²) in [5.74, 6) is -1.65. The Morgan fingerprint density at radius 3 is 2.38 bits per heavy atom. The van der Waals surface area contributed by atoms with E-state index in [0.717, 1.165) is 17.0 Å². The second-order valence-electron chi connectivity index (χ2n) is 6.33. The van der Waals surface area contributed by atoms with Crippen LogP contribution in [0.2, 0.25) is 0 Å². The first-order valence-electron chi connectivity index (χ1n) is 8.00. The normalized spacial score (nSPS) is 11.6. The molecule has 0 spiro atoms. The minimum absolute atomic E-state index is 0.194. The Kier molecular flexibility index (Phi) is 5.59. The summed E-state index contributed by atoms with van der Waals surface area (Å²) in [5, 5.41) is 4.43. The second kappa shape index (κ2) is 7.30. The van der Waals surface area contributed by atoms with E-state index in [1.807, 2.05) is 25.6 Å². The molecule has 0 aliphatic heterocycles. The molecule has 0 amide bonds. The van der Waals surface area contributed by atoms with Crippen molar-refractivity contribution in [1.82, 2.24) is 14.7 Å². The van der Waals surface area contributed by atoms with Gasteiger partial charge in [-0.3, -0.25) is 9.58 Å². The number of nitrogens with zero attached hydrogens (tertiary/aromatic N) is 3. The number of aryl methyl sites for hydroxylation is 2. The average molecular weight is 337 g/mol. The molecule has 0 atom stereocenters. The van der Waals surface area contributed by atoms with Gasteiger partial charge in [0.25, 0.3) is 0 Å². The Morgan fingerprint density at radius 2 is 1.88 bits per heavy atom. The molecule has 132 valence electrons. The van der Waals surface area contributed by atoms with Gasteiger partial charge in [0.05, 0.1) is 12.8 Å². The van der Waals surface area contributed by atoms with Gasteiger partial charge in [-0.2, -0.15) is 5.10 Å². The quantitative estimate of drug-likeness (QED) is 0.804. The third-order valence-corrected chi connectivity index (χ3v) is 4.46. The fourth-order valence-corrected chi connectivity index (χ4v) is 2.77. The van der Waals surface area contributed by atoms with Crippen LogP contribution >= 0.6 is 0 Å². The van der Waals surface area contributed by atoms with E-state index in [-0.39, 0.29) is 11.8 Å². The van der Waals surface area contributed by atoms with Gasteiger partial charge < -0.3 is 4.74 Å². The summed E-state index contributed by atoms with van der Waals surface area (Å²) in [6.45, 7) is 9.13. The highest BCUT2D eigenvalue weighted by atomic mass is 19.1. The third-order valence-electron chi connectivity index (χ3n) is 4.46. The number of methoxy groups -OCH3 is 1. The highest BCUT2D eigenvalue weighted by Gasteiger charge is 2.20. The standard InChI is InChI=1S/C18H25F2N3O/c1-11(2)23(10-15-12(3)21-22(5)13(15)4)9-14-7-8-16(19)18(24-6)17(14)20/h7-8,11H,9-10H2,1-6H3. The largest absolute Gasteiger partial charge is 0.491 e. The second-order valence-corrected chi connectivity index (χ2v) is 6.33. The molecule has 0 bridgehead atoms. The molecule has 6 heteroatoms. The lowest BCUT2D eigenvalue weighted by atomic mass is 10.1. The van der Waals surface area contributed by atoms with Gasteiger partial charge in [-0.15, -0.1) is 0 Å². The maximum absolute atomic E-state index is 14.5. The SMILES string of the molecule is COc1c(F)ccc(CN(Cc2c(C)nn(C)c2C)C(C)C)c1F. The average Bonchev–Trinajstić information content (AvgIpc) is 2.75.